The number of aromatic nitrogens is 2. The number of rotatable bonds is 9. The van der Waals surface area contributed by atoms with Crippen molar-refractivity contribution in [2.45, 2.75) is 17.4 Å². The molecule has 0 spiro atoms. The Balaban J connectivity index is 2.01. The number of hydrogen-bond donors (Lipinski definition) is 9. The number of nitrogens with two attached hydrogens (primary N) is 2. The number of carbonyl (C=O) groups excluding carboxylic acids is 1. The van der Waals surface area contributed by atoms with Crippen LogP contribution in [-0.4, -0.2) is 69.8 Å². The number of sulfonamides is 1. The molecule has 0 aliphatic heterocycles. The lowest BCUT2D eigenvalue weighted by atomic mass is 9.95. The SMILES string of the molecule is N=C(N)c1ccc2nc(-c3cc(CC(=O)NC(CO)CO)c(S(N)(=O)=O)c(-c4ccccc4O)c3O)[nH]c2c1. The van der Waals surface area contributed by atoms with Gasteiger partial charge in [-0.1, -0.05) is 18.2 Å². The number of carbonyl (C=O) groups is 1. The number of amides is 1. The van der Waals surface area contributed by atoms with E-state index in [-0.39, 0.29) is 39.7 Å². The molecule has 0 atom stereocenters. The van der Waals surface area contributed by atoms with Gasteiger partial charge in [0.2, 0.25) is 15.9 Å². The van der Waals surface area contributed by atoms with Gasteiger partial charge in [0.15, 0.2) is 0 Å². The van der Waals surface area contributed by atoms with Crippen LogP contribution in [0.5, 0.6) is 11.5 Å². The number of benzene rings is 3. The third kappa shape index (κ3) is 5.53. The number of fused-ring (bicyclic) bond motifs is 1. The lowest BCUT2D eigenvalue weighted by molar-refractivity contribution is -0.121. The topological polar surface area (TPSA) is 249 Å². The monoisotopic (exact) mass is 554 g/mol. The minimum absolute atomic E-state index is 0.00936. The quantitative estimate of drug-likeness (QED) is 0.101. The van der Waals surface area contributed by atoms with E-state index in [9.17, 15) is 33.6 Å². The average molecular weight is 555 g/mol. The molecular formula is C25H26N6O7S. The van der Waals surface area contributed by atoms with E-state index in [1.165, 1.54) is 30.3 Å². The number of aromatic amines is 1. The molecule has 0 aliphatic rings. The average Bonchev–Trinajstić information content (AvgIpc) is 3.31. The smallest absolute Gasteiger partial charge is 0.239 e. The number of aromatic hydroxyl groups is 2. The number of para-hydroxylation sites is 1. The first kappa shape index (κ1) is 27.5. The Kier molecular flexibility index (Phi) is 7.56. The molecule has 0 saturated heterocycles. The second kappa shape index (κ2) is 10.7. The van der Waals surface area contributed by atoms with Crippen molar-refractivity contribution >= 4 is 32.8 Å². The molecule has 204 valence electrons. The summed E-state index contributed by atoms with van der Waals surface area (Å²) in [6.07, 6.45) is -0.579. The van der Waals surface area contributed by atoms with Crippen LogP contribution in [0.25, 0.3) is 33.5 Å². The van der Waals surface area contributed by atoms with E-state index in [0.29, 0.717) is 16.6 Å². The van der Waals surface area contributed by atoms with Crippen molar-refractivity contribution in [1.82, 2.24) is 15.3 Å². The molecule has 0 radical (unpaired) electrons. The molecule has 0 aliphatic carbocycles. The maximum Gasteiger partial charge on any atom is 0.239 e. The van der Waals surface area contributed by atoms with Crippen molar-refractivity contribution in [2.24, 2.45) is 10.9 Å². The Morgan fingerprint density at radius 3 is 2.38 bits per heavy atom. The van der Waals surface area contributed by atoms with Crippen LogP contribution in [0.3, 0.4) is 0 Å². The molecule has 1 heterocycles. The molecule has 13 nitrogen and oxygen atoms in total. The van der Waals surface area contributed by atoms with Gasteiger partial charge in [-0.2, -0.15) is 0 Å². The maximum atomic E-state index is 12.8. The molecule has 1 amide bonds. The van der Waals surface area contributed by atoms with Crippen molar-refractivity contribution in [1.29, 1.82) is 5.41 Å². The predicted molar refractivity (Wildman–Crippen MR) is 142 cm³/mol. The van der Waals surface area contributed by atoms with Crippen LogP contribution in [0.1, 0.15) is 11.1 Å². The zero-order valence-electron chi connectivity index (χ0n) is 20.3. The second-order valence-electron chi connectivity index (χ2n) is 8.74. The van der Waals surface area contributed by atoms with Crippen molar-refractivity contribution in [3.05, 3.63) is 59.7 Å². The lowest BCUT2D eigenvalue weighted by Gasteiger charge is -2.19. The second-order valence-corrected chi connectivity index (χ2v) is 10.2. The fourth-order valence-corrected chi connectivity index (χ4v) is 5.18. The summed E-state index contributed by atoms with van der Waals surface area (Å²) < 4.78 is 25.7. The van der Waals surface area contributed by atoms with Crippen molar-refractivity contribution in [3.63, 3.8) is 0 Å². The Bertz CT molecular complexity index is 1700. The number of imidazole rings is 1. The highest BCUT2D eigenvalue weighted by Gasteiger charge is 2.30. The summed E-state index contributed by atoms with van der Waals surface area (Å²) in [5, 5.41) is 56.2. The zero-order valence-corrected chi connectivity index (χ0v) is 21.2. The van der Waals surface area contributed by atoms with Gasteiger partial charge in [0.1, 0.15) is 23.2 Å². The number of phenolic OH excluding ortho intramolecular Hbond substituents is 2. The largest absolute Gasteiger partial charge is 0.507 e. The number of hydrogen-bond acceptors (Lipinski definition) is 9. The minimum Gasteiger partial charge on any atom is -0.507 e. The Labute approximate surface area is 222 Å². The Morgan fingerprint density at radius 2 is 1.77 bits per heavy atom. The summed E-state index contributed by atoms with van der Waals surface area (Å²) in [5.74, 6) is -1.78. The standard InChI is InChI=1S/C25H26N6O7S/c26-24(27)12-5-6-17-18(8-12)31-25(30-17)16-7-13(9-20(35)29-14(10-32)11-33)23(39(28,37)38)21(22(16)36)15-3-1-2-4-19(15)34/h1-8,14,32-34,36H,9-11H2,(H3,26,27)(H,29,35)(H,30,31)(H2,28,37,38). The van der Waals surface area contributed by atoms with Gasteiger partial charge >= 0.3 is 0 Å². The predicted octanol–water partition coefficient (Wildman–Crippen LogP) is 0.251. The summed E-state index contributed by atoms with van der Waals surface area (Å²) in [7, 11) is -4.59. The van der Waals surface area contributed by atoms with Crippen molar-refractivity contribution < 1.29 is 33.6 Å². The molecule has 4 rings (SSSR count). The van der Waals surface area contributed by atoms with Gasteiger partial charge < -0.3 is 36.5 Å². The van der Waals surface area contributed by atoms with Crippen molar-refractivity contribution in [3.8, 4) is 34.0 Å². The summed E-state index contributed by atoms with van der Waals surface area (Å²) >= 11 is 0. The Hall–Kier alpha value is -4.50. The highest BCUT2D eigenvalue weighted by atomic mass is 32.2. The number of amidine groups is 1. The first-order chi connectivity index (χ1) is 18.4. The molecule has 1 aromatic heterocycles. The summed E-state index contributed by atoms with van der Waals surface area (Å²) in [4.78, 5) is 19.6. The number of nitrogens with one attached hydrogen (secondary N) is 3. The number of H-pyrrole nitrogens is 1. The molecule has 0 bridgehead atoms. The van der Waals surface area contributed by atoms with Crippen LogP contribution in [0, 0.1) is 5.41 Å². The first-order valence-corrected chi connectivity index (χ1v) is 13.0. The molecule has 39 heavy (non-hydrogen) atoms. The number of primary sulfonamides is 1. The van der Waals surface area contributed by atoms with Crippen LogP contribution < -0.4 is 16.2 Å². The van der Waals surface area contributed by atoms with E-state index >= 15 is 0 Å². The summed E-state index contributed by atoms with van der Waals surface area (Å²) in [6, 6.07) is 10.7. The first-order valence-electron chi connectivity index (χ1n) is 11.5. The highest BCUT2D eigenvalue weighted by Crippen LogP contribution is 2.46. The fourth-order valence-electron chi connectivity index (χ4n) is 4.19. The lowest BCUT2D eigenvalue weighted by Crippen LogP contribution is -2.41. The van der Waals surface area contributed by atoms with Gasteiger partial charge in [-0.25, -0.2) is 18.5 Å². The fraction of sp³-hybridized carbons (Fsp3) is 0.160. The number of aliphatic hydroxyl groups excluding tert-OH is 2. The van der Waals surface area contributed by atoms with Crippen LogP contribution in [0.2, 0.25) is 0 Å². The van der Waals surface area contributed by atoms with Gasteiger partial charge in [-0.15, -0.1) is 0 Å². The number of nitrogen functional groups attached to an aromatic ring is 1. The van der Waals surface area contributed by atoms with E-state index < -0.39 is 52.3 Å². The maximum absolute atomic E-state index is 12.8. The van der Waals surface area contributed by atoms with Crippen LogP contribution >= 0.6 is 0 Å². The number of phenols is 2. The molecule has 11 N–H and O–H groups in total. The van der Waals surface area contributed by atoms with E-state index in [1.807, 2.05) is 0 Å². The number of nitrogens with zero attached hydrogens (tertiary/aromatic N) is 1. The third-order valence-corrected chi connectivity index (χ3v) is 7.03. The van der Waals surface area contributed by atoms with Gasteiger partial charge in [0, 0.05) is 16.7 Å². The molecule has 4 aromatic rings. The van der Waals surface area contributed by atoms with E-state index in [0.717, 1.165) is 0 Å². The molecule has 3 aromatic carbocycles. The zero-order chi connectivity index (χ0) is 28.5. The summed E-state index contributed by atoms with van der Waals surface area (Å²) in [5.41, 5.74) is 6.34. The van der Waals surface area contributed by atoms with E-state index in [2.05, 4.69) is 15.3 Å². The van der Waals surface area contributed by atoms with Crippen LogP contribution in [-0.2, 0) is 21.2 Å². The Morgan fingerprint density at radius 1 is 1.08 bits per heavy atom. The molecule has 0 fully saturated rings. The molecule has 0 saturated carbocycles. The highest BCUT2D eigenvalue weighted by molar-refractivity contribution is 7.89. The van der Waals surface area contributed by atoms with Crippen molar-refractivity contribution in [2.75, 3.05) is 13.2 Å². The van der Waals surface area contributed by atoms with Crippen LogP contribution in [0.15, 0.2) is 53.4 Å². The van der Waals surface area contributed by atoms with E-state index in [4.69, 9.17) is 16.3 Å². The van der Waals surface area contributed by atoms with Crippen LogP contribution in [0.4, 0.5) is 0 Å². The molecule has 0 unspecified atom stereocenters. The van der Waals surface area contributed by atoms with Gasteiger partial charge in [-0.3, -0.25) is 10.2 Å². The van der Waals surface area contributed by atoms with Gasteiger partial charge in [0.25, 0.3) is 0 Å². The van der Waals surface area contributed by atoms with Gasteiger partial charge in [-0.05, 0) is 35.9 Å². The van der Waals surface area contributed by atoms with E-state index in [1.54, 1.807) is 18.2 Å². The molecule has 14 heteroatoms. The minimum atomic E-state index is -4.59. The molecular weight excluding hydrogens is 528 g/mol. The normalized spacial score (nSPS) is 11.7. The third-order valence-electron chi connectivity index (χ3n) is 5.99. The van der Waals surface area contributed by atoms with Gasteiger partial charge in [0.05, 0.1) is 47.2 Å². The summed E-state index contributed by atoms with van der Waals surface area (Å²) in [6.45, 7) is -1.12. The number of aliphatic hydroxyl groups is 2.